The predicted octanol–water partition coefficient (Wildman–Crippen LogP) is 2.55. The minimum absolute atomic E-state index is 0.101. The number of benzene rings is 1. The molecule has 1 aromatic rings. The molecule has 0 spiro atoms. The van der Waals surface area contributed by atoms with Gasteiger partial charge in [-0.2, -0.15) is 0 Å². The summed E-state index contributed by atoms with van der Waals surface area (Å²) in [4.78, 5) is 11.4. The molecule has 1 atom stereocenters. The van der Waals surface area contributed by atoms with E-state index in [0.29, 0.717) is 11.3 Å². The minimum atomic E-state index is -0.497. The molecular weight excluding hydrogens is 239 g/mol. The Morgan fingerprint density at radius 2 is 2.23 bits per heavy atom. The average molecular weight is 245 g/mol. The quantitative estimate of drug-likeness (QED) is 0.702. The highest BCUT2D eigenvalue weighted by atomic mass is 79.9. The van der Waals surface area contributed by atoms with E-state index in [9.17, 15) is 9.18 Å². The van der Waals surface area contributed by atoms with Crippen LogP contribution < -0.4 is 4.74 Å². The molecule has 1 aliphatic rings. The number of ketones is 1. The highest BCUT2D eigenvalue weighted by molar-refractivity contribution is 9.10. The van der Waals surface area contributed by atoms with Gasteiger partial charge in [0.15, 0.2) is 6.10 Å². The van der Waals surface area contributed by atoms with Gasteiger partial charge >= 0.3 is 0 Å². The SMILES string of the molecule is CC1Oc2cc(F)c(Br)cc2C1=O. The van der Waals surface area contributed by atoms with Crippen molar-refractivity contribution in [3.8, 4) is 5.75 Å². The van der Waals surface area contributed by atoms with Crippen LogP contribution in [0.15, 0.2) is 16.6 Å². The smallest absolute Gasteiger partial charge is 0.206 e. The summed E-state index contributed by atoms with van der Waals surface area (Å²) >= 11 is 3.01. The van der Waals surface area contributed by atoms with Crippen molar-refractivity contribution in [2.45, 2.75) is 13.0 Å². The lowest BCUT2D eigenvalue weighted by molar-refractivity contribution is 0.0878. The van der Waals surface area contributed by atoms with Crippen LogP contribution in [0.2, 0.25) is 0 Å². The van der Waals surface area contributed by atoms with E-state index in [4.69, 9.17) is 4.74 Å². The van der Waals surface area contributed by atoms with Crippen LogP contribution in [0.3, 0.4) is 0 Å². The van der Waals surface area contributed by atoms with Crippen LogP contribution in [0, 0.1) is 5.82 Å². The summed E-state index contributed by atoms with van der Waals surface area (Å²) in [5.74, 6) is -0.186. The van der Waals surface area contributed by atoms with Crippen molar-refractivity contribution < 1.29 is 13.9 Å². The molecule has 0 N–H and O–H groups in total. The maximum Gasteiger partial charge on any atom is 0.206 e. The van der Waals surface area contributed by atoms with Crippen LogP contribution >= 0.6 is 15.9 Å². The van der Waals surface area contributed by atoms with Crippen LogP contribution in [0.25, 0.3) is 0 Å². The van der Waals surface area contributed by atoms with E-state index in [1.807, 2.05) is 0 Å². The molecule has 2 nitrogen and oxygen atoms in total. The Hall–Kier alpha value is -0.900. The summed E-state index contributed by atoms with van der Waals surface area (Å²) in [5, 5.41) is 0. The Bertz CT molecular complexity index is 389. The zero-order valence-electron chi connectivity index (χ0n) is 6.80. The van der Waals surface area contributed by atoms with Crippen molar-refractivity contribution >= 4 is 21.7 Å². The Kier molecular flexibility index (Phi) is 1.87. The third kappa shape index (κ3) is 1.25. The van der Waals surface area contributed by atoms with E-state index in [1.165, 1.54) is 12.1 Å². The molecule has 0 saturated heterocycles. The van der Waals surface area contributed by atoms with Crippen molar-refractivity contribution in [2.24, 2.45) is 0 Å². The lowest BCUT2D eigenvalue weighted by Crippen LogP contribution is -2.14. The van der Waals surface area contributed by atoms with E-state index in [1.54, 1.807) is 6.92 Å². The van der Waals surface area contributed by atoms with Crippen molar-refractivity contribution in [3.05, 3.63) is 28.0 Å². The fourth-order valence-corrected chi connectivity index (χ4v) is 1.62. The molecule has 0 bridgehead atoms. The number of fused-ring (bicyclic) bond motifs is 1. The number of hydrogen-bond acceptors (Lipinski definition) is 2. The van der Waals surface area contributed by atoms with E-state index in [0.717, 1.165) is 0 Å². The van der Waals surface area contributed by atoms with Gasteiger partial charge in [-0.25, -0.2) is 4.39 Å². The largest absolute Gasteiger partial charge is 0.482 e. The number of ether oxygens (including phenoxy) is 1. The zero-order valence-corrected chi connectivity index (χ0v) is 8.39. The standard InChI is InChI=1S/C9H6BrFO2/c1-4-9(12)5-2-6(10)7(11)3-8(5)13-4/h2-4H,1H3. The fraction of sp³-hybridized carbons (Fsp3) is 0.222. The summed E-state index contributed by atoms with van der Waals surface area (Å²) < 4.78 is 18.4. The van der Waals surface area contributed by atoms with E-state index < -0.39 is 11.9 Å². The van der Waals surface area contributed by atoms with Gasteiger partial charge in [0.05, 0.1) is 10.0 Å². The number of halogens is 2. The lowest BCUT2D eigenvalue weighted by Gasteiger charge is -2.00. The number of rotatable bonds is 0. The maximum atomic E-state index is 13.0. The molecular formula is C9H6BrFO2. The van der Waals surface area contributed by atoms with Crippen LogP contribution in [0.5, 0.6) is 5.75 Å². The van der Waals surface area contributed by atoms with Gasteiger partial charge in [-0.15, -0.1) is 0 Å². The molecule has 0 fully saturated rings. The Morgan fingerprint density at radius 1 is 1.54 bits per heavy atom. The summed E-state index contributed by atoms with van der Waals surface area (Å²) in [6.07, 6.45) is -0.497. The fourth-order valence-electron chi connectivity index (χ4n) is 1.28. The van der Waals surface area contributed by atoms with Crippen molar-refractivity contribution in [1.82, 2.24) is 0 Å². The highest BCUT2D eigenvalue weighted by Gasteiger charge is 2.29. The summed E-state index contributed by atoms with van der Waals surface area (Å²) in [7, 11) is 0. The number of hydrogen-bond donors (Lipinski definition) is 0. The number of carbonyl (C=O) groups is 1. The van der Waals surface area contributed by atoms with Crippen molar-refractivity contribution in [2.75, 3.05) is 0 Å². The lowest BCUT2D eigenvalue weighted by atomic mass is 10.1. The molecule has 0 aromatic heterocycles. The first-order valence-corrected chi connectivity index (χ1v) is 4.59. The first-order chi connectivity index (χ1) is 6.09. The normalized spacial score (nSPS) is 19.9. The number of Topliss-reactive ketones (excluding diaryl/α,β-unsaturated/α-hetero) is 1. The molecule has 0 saturated carbocycles. The zero-order chi connectivity index (χ0) is 9.59. The Balaban J connectivity index is 2.59. The highest BCUT2D eigenvalue weighted by Crippen LogP contribution is 2.32. The first-order valence-electron chi connectivity index (χ1n) is 3.79. The third-order valence-electron chi connectivity index (χ3n) is 1.96. The predicted molar refractivity (Wildman–Crippen MR) is 48.5 cm³/mol. The third-order valence-corrected chi connectivity index (χ3v) is 2.57. The van der Waals surface area contributed by atoms with Crippen molar-refractivity contribution in [3.63, 3.8) is 0 Å². The first kappa shape index (κ1) is 8.69. The molecule has 68 valence electrons. The van der Waals surface area contributed by atoms with E-state index in [2.05, 4.69) is 15.9 Å². The molecule has 2 rings (SSSR count). The summed E-state index contributed by atoms with van der Waals surface area (Å²) in [6.45, 7) is 1.65. The monoisotopic (exact) mass is 244 g/mol. The van der Waals surface area contributed by atoms with Crippen LogP contribution in [-0.2, 0) is 0 Å². The van der Waals surface area contributed by atoms with Gasteiger partial charge in [0, 0.05) is 6.07 Å². The Morgan fingerprint density at radius 3 is 2.92 bits per heavy atom. The summed E-state index contributed by atoms with van der Waals surface area (Å²) in [5.41, 5.74) is 0.445. The van der Waals surface area contributed by atoms with Gasteiger partial charge in [0.2, 0.25) is 5.78 Å². The van der Waals surface area contributed by atoms with Crippen LogP contribution in [-0.4, -0.2) is 11.9 Å². The second-order valence-corrected chi connectivity index (χ2v) is 3.74. The molecule has 13 heavy (non-hydrogen) atoms. The molecule has 4 heteroatoms. The van der Waals surface area contributed by atoms with E-state index in [-0.39, 0.29) is 10.3 Å². The molecule has 1 aliphatic heterocycles. The van der Waals surface area contributed by atoms with Gasteiger partial charge in [0.25, 0.3) is 0 Å². The number of carbonyl (C=O) groups excluding carboxylic acids is 1. The van der Waals surface area contributed by atoms with Gasteiger partial charge in [0.1, 0.15) is 11.6 Å². The second kappa shape index (κ2) is 2.80. The van der Waals surface area contributed by atoms with Gasteiger partial charge < -0.3 is 4.74 Å². The molecule has 1 aromatic carbocycles. The molecule has 1 unspecified atom stereocenters. The van der Waals surface area contributed by atoms with Gasteiger partial charge in [-0.3, -0.25) is 4.79 Å². The van der Waals surface area contributed by atoms with Crippen molar-refractivity contribution in [1.29, 1.82) is 0 Å². The molecule has 0 aliphatic carbocycles. The van der Waals surface area contributed by atoms with Crippen LogP contribution in [0.1, 0.15) is 17.3 Å². The van der Waals surface area contributed by atoms with Gasteiger partial charge in [-0.05, 0) is 28.9 Å². The molecule has 0 amide bonds. The summed E-state index contributed by atoms with van der Waals surface area (Å²) in [6, 6.07) is 2.68. The molecule has 1 heterocycles. The van der Waals surface area contributed by atoms with E-state index >= 15 is 0 Å². The Labute approximate surface area is 82.8 Å². The minimum Gasteiger partial charge on any atom is -0.482 e. The topological polar surface area (TPSA) is 26.3 Å². The average Bonchev–Trinajstić information content (AvgIpc) is 2.32. The second-order valence-electron chi connectivity index (χ2n) is 2.89. The molecule has 0 radical (unpaired) electrons. The van der Waals surface area contributed by atoms with Crippen LogP contribution in [0.4, 0.5) is 4.39 Å². The maximum absolute atomic E-state index is 13.0. The van der Waals surface area contributed by atoms with Gasteiger partial charge in [-0.1, -0.05) is 0 Å².